The van der Waals surface area contributed by atoms with Crippen molar-refractivity contribution in [3.8, 4) is 5.69 Å². The maximum absolute atomic E-state index is 12.2. The van der Waals surface area contributed by atoms with E-state index in [-0.39, 0.29) is 6.03 Å². The lowest BCUT2D eigenvalue weighted by atomic mass is 10.2. The van der Waals surface area contributed by atoms with Crippen molar-refractivity contribution >= 4 is 6.03 Å². The molecule has 0 atom stereocenters. The van der Waals surface area contributed by atoms with Gasteiger partial charge in [0.15, 0.2) is 0 Å². The minimum Gasteiger partial charge on any atom is -0.338 e. The molecule has 3 rings (SSSR count). The number of nitrogens with zero attached hydrogens (tertiary/aromatic N) is 3. The van der Waals surface area contributed by atoms with Crippen LogP contribution in [0.4, 0.5) is 4.79 Å². The summed E-state index contributed by atoms with van der Waals surface area (Å²) in [6.45, 7) is 2.42. The first kappa shape index (κ1) is 15.6. The summed E-state index contributed by atoms with van der Waals surface area (Å²) in [5, 5.41) is 7.41. The second-order valence-electron chi connectivity index (χ2n) is 6.01. The summed E-state index contributed by atoms with van der Waals surface area (Å²) >= 11 is 0. The van der Waals surface area contributed by atoms with Gasteiger partial charge in [0.1, 0.15) is 0 Å². The van der Waals surface area contributed by atoms with Gasteiger partial charge in [0.2, 0.25) is 0 Å². The number of nitrogens with one attached hydrogen (secondary N) is 1. The van der Waals surface area contributed by atoms with Gasteiger partial charge in [0.05, 0.1) is 11.9 Å². The molecule has 122 valence electrons. The van der Waals surface area contributed by atoms with E-state index in [9.17, 15) is 4.79 Å². The van der Waals surface area contributed by atoms with Crippen LogP contribution in [0.3, 0.4) is 0 Å². The van der Waals surface area contributed by atoms with Crippen LogP contribution >= 0.6 is 0 Å². The average Bonchev–Trinajstić information content (AvgIpc) is 2.89. The van der Waals surface area contributed by atoms with Gasteiger partial charge in [-0.15, -0.1) is 0 Å². The SMILES string of the molecule is O=C(NCCc1cnn(-c2ccccc2)c1)N1CCCCCC1. The summed E-state index contributed by atoms with van der Waals surface area (Å²) in [5.41, 5.74) is 2.18. The molecule has 1 aromatic heterocycles. The highest BCUT2D eigenvalue weighted by molar-refractivity contribution is 5.74. The molecule has 1 saturated heterocycles. The first-order chi connectivity index (χ1) is 11.3. The highest BCUT2D eigenvalue weighted by Gasteiger charge is 2.14. The van der Waals surface area contributed by atoms with Gasteiger partial charge in [0.25, 0.3) is 0 Å². The number of rotatable bonds is 4. The molecule has 1 N–H and O–H groups in total. The molecule has 0 unspecified atom stereocenters. The highest BCUT2D eigenvalue weighted by Crippen LogP contribution is 2.10. The van der Waals surface area contributed by atoms with Crippen molar-refractivity contribution in [2.24, 2.45) is 0 Å². The van der Waals surface area contributed by atoms with E-state index in [2.05, 4.69) is 10.4 Å². The third-order valence-electron chi connectivity index (χ3n) is 4.24. The summed E-state index contributed by atoms with van der Waals surface area (Å²) in [5.74, 6) is 0. The van der Waals surface area contributed by atoms with Crippen LogP contribution in [0.1, 0.15) is 31.2 Å². The number of aromatic nitrogens is 2. The Morgan fingerprint density at radius 2 is 1.83 bits per heavy atom. The molecule has 0 radical (unpaired) electrons. The van der Waals surface area contributed by atoms with Crippen LogP contribution in [0.2, 0.25) is 0 Å². The number of hydrogen-bond acceptors (Lipinski definition) is 2. The first-order valence-corrected chi connectivity index (χ1v) is 8.45. The van der Waals surface area contributed by atoms with Crippen LogP contribution < -0.4 is 5.32 Å². The van der Waals surface area contributed by atoms with Crippen molar-refractivity contribution < 1.29 is 4.79 Å². The van der Waals surface area contributed by atoms with Gasteiger partial charge in [-0.1, -0.05) is 31.0 Å². The van der Waals surface area contributed by atoms with Crippen molar-refractivity contribution in [3.63, 3.8) is 0 Å². The Hall–Kier alpha value is -2.30. The molecule has 2 heterocycles. The predicted molar refractivity (Wildman–Crippen MR) is 90.7 cm³/mol. The Morgan fingerprint density at radius 1 is 1.09 bits per heavy atom. The molecule has 0 spiro atoms. The van der Waals surface area contributed by atoms with Crippen LogP contribution in [-0.2, 0) is 6.42 Å². The number of carbonyl (C=O) groups excluding carboxylic acids is 1. The van der Waals surface area contributed by atoms with Crippen molar-refractivity contribution in [3.05, 3.63) is 48.3 Å². The molecule has 1 aliphatic heterocycles. The smallest absolute Gasteiger partial charge is 0.317 e. The molecule has 5 nitrogen and oxygen atoms in total. The zero-order valence-electron chi connectivity index (χ0n) is 13.4. The lowest BCUT2D eigenvalue weighted by Crippen LogP contribution is -2.41. The van der Waals surface area contributed by atoms with Gasteiger partial charge in [0, 0.05) is 25.8 Å². The largest absolute Gasteiger partial charge is 0.338 e. The third-order valence-corrected chi connectivity index (χ3v) is 4.24. The molecule has 23 heavy (non-hydrogen) atoms. The van der Waals surface area contributed by atoms with E-state index >= 15 is 0 Å². The van der Waals surface area contributed by atoms with E-state index in [0.29, 0.717) is 6.54 Å². The molecule has 0 aliphatic carbocycles. The molecule has 2 aromatic rings. The second kappa shape index (κ2) is 7.81. The molecule has 1 aromatic carbocycles. The number of amides is 2. The fourth-order valence-electron chi connectivity index (χ4n) is 2.91. The van der Waals surface area contributed by atoms with Crippen molar-refractivity contribution in [1.29, 1.82) is 0 Å². The number of hydrogen-bond donors (Lipinski definition) is 1. The Kier molecular flexibility index (Phi) is 5.29. The number of likely N-dealkylation sites (tertiary alicyclic amines) is 1. The average molecular weight is 312 g/mol. The Morgan fingerprint density at radius 3 is 2.57 bits per heavy atom. The third kappa shape index (κ3) is 4.34. The second-order valence-corrected chi connectivity index (χ2v) is 6.01. The molecule has 0 saturated carbocycles. The number of urea groups is 1. The van der Waals surface area contributed by atoms with Gasteiger partial charge < -0.3 is 10.2 Å². The quantitative estimate of drug-likeness (QED) is 0.943. The van der Waals surface area contributed by atoms with Crippen LogP contribution in [0.15, 0.2) is 42.7 Å². The van der Waals surface area contributed by atoms with E-state index in [1.165, 1.54) is 12.8 Å². The summed E-state index contributed by atoms with van der Waals surface area (Å²) in [4.78, 5) is 14.1. The summed E-state index contributed by atoms with van der Waals surface area (Å²) in [6, 6.07) is 10.1. The minimum atomic E-state index is 0.0716. The lowest BCUT2D eigenvalue weighted by molar-refractivity contribution is 0.200. The molecule has 1 aliphatic rings. The summed E-state index contributed by atoms with van der Waals surface area (Å²) < 4.78 is 1.87. The van der Waals surface area contributed by atoms with E-state index in [1.54, 1.807) is 0 Å². The number of benzene rings is 1. The van der Waals surface area contributed by atoms with Crippen LogP contribution in [0.25, 0.3) is 5.69 Å². The van der Waals surface area contributed by atoms with E-state index < -0.39 is 0 Å². The van der Waals surface area contributed by atoms with Crippen LogP contribution in [-0.4, -0.2) is 40.3 Å². The minimum absolute atomic E-state index is 0.0716. The zero-order chi connectivity index (χ0) is 15.9. The van der Waals surface area contributed by atoms with Crippen LogP contribution in [0.5, 0.6) is 0 Å². The lowest BCUT2D eigenvalue weighted by Gasteiger charge is -2.20. The fraction of sp³-hybridized carbons (Fsp3) is 0.444. The van der Waals surface area contributed by atoms with Gasteiger partial charge in [-0.05, 0) is 37.0 Å². The van der Waals surface area contributed by atoms with E-state index in [4.69, 9.17) is 0 Å². The van der Waals surface area contributed by atoms with Gasteiger partial charge in [-0.2, -0.15) is 5.10 Å². The van der Waals surface area contributed by atoms with Gasteiger partial charge in [-0.3, -0.25) is 0 Å². The highest BCUT2D eigenvalue weighted by atomic mass is 16.2. The number of para-hydroxylation sites is 1. The summed E-state index contributed by atoms with van der Waals surface area (Å²) in [7, 11) is 0. The molecule has 1 fully saturated rings. The fourth-order valence-corrected chi connectivity index (χ4v) is 2.91. The van der Waals surface area contributed by atoms with Gasteiger partial charge in [-0.25, -0.2) is 9.48 Å². The molecule has 2 amide bonds. The maximum atomic E-state index is 12.2. The van der Waals surface area contributed by atoms with E-state index in [1.807, 2.05) is 52.3 Å². The molecule has 5 heteroatoms. The maximum Gasteiger partial charge on any atom is 0.317 e. The zero-order valence-corrected chi connectivity index (χ0v) is 13.4. The van der Waals surface area contributed by atoms with Gasteiger partial charge >= 0.3 is 6.03 Å². The molecular weight excluding hydrogens is 288 g/mol. The monoisotopic (exact) mass is 312 g/mol. The standard InChI is InChI=1S/C18H24N4O/c23-18(21-12-6-1-2-7-13-21)19-11-10-16-14-20-22(15-16)17-8-4-3-5-9-17/h3-5,8-9,14-15H,1-2,6-7,10-13H2,(H,19,23). The summed E-state index contributed by atoms with van der Waals surface area (Å²) in [6.07, 6.45) is 9.41. The van der Waals surface area contributed by atoms with Crippen molar-refractivity contribution in [2.45, 2.75) is 32.1 Å². The van der Waals surface area contributed by atoms with Crippen LogP contribution in [0, 0.1) is 0 Å². The molecular formula is C18H24N4O. The Bertz CT molecular complexity index is 615. The Balaban J connectivity index is 1.47. The predicted octanol–water partition coefficient (Wildman–Crippen LogP) is 3.00. The van der Waals surface area contributed by atoms with Crippen molar-refractivity contribution in [2.75, 3.05) is 19.6 Å². The Labute approximate surface area is 137 Å². The molecule has 0 bridgehead atoms. The van der Waals surface area contributed by atoms with Crippen molar-refractivity contribution in [1.82, 2.24) is 20.0 Å². The topological polar surface area (TPSA) is 50.2 Å². The first-order valence-electron chi connectivity index (χ1n) is 8.45. The number of carbonyl (C=O) groups is 1. The van der Waals surface area contributed by atoms with E-state index in [0.717, 1.165) is 43.6 Å². The normalized spacial score (nSPS) is 15.2.